The molecule has 30 heavy (non-hydrogen) atoms. The van der Waals surface area contributed by atoms with Gasteiger partial charge in [0, 0.05) is 39.3 Å². The molecule has 1 N–H and O–H groups in total. The third-order valence-corrected chi connectivity index (χ3v) is 7.06. The van der Waals surface area contributed by atoms with E-state index in [4.69, 9.17) is 4.99 Å². The number of aliphatic imine (C=N–C) groups is 1. The van der Waals surface area contributed by atoms with Gasteiger partial charge in [-0.1, -0.05) is 42.0 Å². The second-order valence-corrected chi connectivity index (χ2v) is 9.98. The summed E-state index contributed by atoms with van der Waals surface area (Å²) >= 11 is 0. The molecule has 1 aromatic carbocycles. The predicted molar refractivity (Wildman–Crippen MR) is 136 cm³/mol. The van der Waals surface area contributed by atoms with Crippen LogP contribution in [0.25, 0.3) is 6.08 Å². The van der Waals surface area contributed by atoms with E-state index < -0.39 is 10.0 Å². The lowest BCUT2D eigenvalue weighted by atomic mass is 9.98. The molecule has 0 amide bonds. The smallest absolute Gasteiger partial charge is 0.211 e. The van der Waals surface area contributed by atoms with Crippen LogP contribution in [0.5, 0.6) is 0 Å². The molecule has 168 valence electrons. The van der Waals surface area contributed by atoms with Crippen LogP contribution in [0.4, 0.5) is 0 Å². The zero-order chi connectivity index (χ0) is 20.7. The molecule has 6 nitrogen and oxygen atoms in total. The van der Waals surface area contributed by atoms with Gasteiger partial charge in [0.1, 0.15) is 0 Å². The zero-order valence-electron chi connectivity index (χ0n) is 18.1. The van der Waals surface area contributed by atoms with Crippen molar-refractivity contribution in [2.45, 2.75) is 32.6 Å². The fraction of sp³-hybridized carbons (Fsp3) is 0.591. The molecule has 0 saturated carbocycles. The normalized spacial score (nSPS) is 19.3. The SMILES string of the molecule is CCNC(=NCC1CCN(S(C)(=O)=O)CC1)N1CCC(=Cc2ccccc2)CC1.I. The number of nitrogens with zero attached hydrogens (tertiary/aromatic N) is 3. The van der Waals surface area contributed by atoms with E-state index >= 15 is 0 Å². The first-order valence-electron chi connectivity index (χ1n) is 10.7. The Balaban J connectivity index is 0.00000320. The summed E-state index contributed by atoms with van der Waals surface area (Å²) in [5.41, 5.74) is 2.77. The average molecular weight is 547 g/mol. The lowest BCUT2D eigenvalue weighted by Crippen LogP contribution is -2.45. The Morgan fingerprint density at radius 1 is 1.13 bits per heavy atom. The molecule has 8 heteroatoms. The Morgan fingerprint density at radius 3 is 2.33 bits per heavy atom. The summed E-state index contributed by atoms with van der Waals surface area (Å²) in [7, 11) is -3.06. The van der Waals surface area contributed by atoms with Crippen molar-refractivity contribution in [3.8, 4) is 0 Å². The van der Waals surface area contributed by atoms with Gasteiger partial charge in [-0.2, -0.15) is 0 Å². The van der Waals surface area contributed by atoms with Crippen LogP contribution in [0.3, 0.4) is 0 Å². The van der Waals surface area contributed by atoms with Crippen LogP contribution in [0.2, 0.25) is 0 Å². The Morgan fingerprint density at radius 2 is 1.77 bits per heavy atom. The molecular weight excluding hydrogens is 511 g/mol. The van der Waals surface area contributed by atoms with Crippen molar-refractivity contribution in [1.82, 2.24) is 14.5 Å². The Kier molecular flexibility index (Phi) is 10.1. The van der Waals surface area contributed by atoms with E-state index in [-0.39, 0.29) is 24.0 Å². The number of sulfonamides is 1. The summed E-state index contributed by atoms with van der Waals surface area (Å²) in [4.78, 5) is 7.26. The van der Waals surface area contributed by atoms with Gasteiger partial charge in [-0.3, -0.25) is 4.99 Å². The number of nitrogens with one attached hydrogen (secondary N) is 1. The number of piperidine rings is 2. The van der Waals surface area contributed by atoms with Crippen molar-refractivity contribution >= 4 is 46.0 Å². The number of hydrogen-bond donors (Lipinski definition) is 1. The van der Waals surface area contributed by atoms with E-state index in [1.807, 2.05) is 0 Å². The van der Waals surface area contributed by atoms with Crippen LogP contribution in [0.1, 0.15) is 38.2 Å². The molecule has 0 bridgehead atoms. The molecule has 2 fully saturated rings. The van der Waals surface area contributed by atoms with Crippen molar-refractivity contribution in [2.24, 2.45) is 10.9 Å². The number of benzene rings is 1. The largest absolute Gasteiger partial charge is 0.357 e. The van der Waals surface area contributed by atoms with Gasteiger partial charge in [0.05, 0.1) is 6.26 Å². The van der Waals surface area contributed by atoms with Crippen LogP contribution in [0.15, 0.2) is 40.9 Å². The molecule has 1 aromatic rings. The van der Waals surface area contributed by atoms with Gasteiger partial charge in [0.2, 0.25) is 10.0 Å². The highest BCUT2D eigenvalue weighted by Crippen LogP contribution is 2.21. The molecule has 2 heterocycles. The molecule has 0 unspecified atom stereocenters. The highest BCUT2D eigenvalue weighted by Gasteiger charge is 2.25. The van der Waals surface area contributed by atoms with Gasteiger partial charge in [-0.05, 0) is 44.1 Å². The van der Waals surface area contributed by atoms with Gasteiger partial charge in [-0.25, -0.2) is 12.7 Å². The minimum atomic E-state index is -3.06. The van der Waals surface area contributed by atoms with E-state index in [9.17, 15) is 8.42 Å². The monoisotopic (exact) mass is 546 g/mol. The summed E-state index contributed by atoms with van der Waals surface area (Å²) < 4.78 is 24.9. The molecule has 0 aliphatic carbocycles. The molecule has 3 rings (SSSR count). The molecule has 0 aromatic heterocycles. The number of hydrogen-bond acceptors (Lipinski definition) is 3. The van der Waals surface area contributed by atoms with E-state index in [0.717, 1.165) is 57.8 Å². The summed E-state index contributed by atoms with van der Waals surface area (Å²) in [5.74, 6) is 1.46. The maximum Gasteiger partial charge on any atom is 0.211 e. The van der Waals surface area contributed by atoms with Crippen LogP contribution < -0.4 is 5.32 Å². The number of guanidine groups is 1. The molecule has 0 spiro atoms. The standard InChI is InChI=1S/C22H34N4O2S.HI/c1-3-23-22(24-18-21-11-15-26(16-12-21)29(2,27)28)25-13-9-20(10-14-25)17-19-7-5-4-6-8-19;/h4-8,17,21H,3,9-16,18H2,1-2H3,(H,23,24);1H. The quantitative estimate of drug-likeness (QED) is 0.349. The van der Waals surface area contributed by atoms with Crippen molar-refractivity contribution in [1.29, 1.82) is 0 Å². The Bertz CT molecular complexity index is 809. The van der Waals surface area contributed by atoms with Gasteiger partial charge >= 0.3 is 0 Å². The summed E-state index contributed by atoms with van der Waals surface area (Å²) in [6, 6.07) is 10.5. The minimum absolute atomic E-state index is 0. The third-order valence-electron chi connectivity index (χ3n) is 5.75. The third kappa shape index (κ3) is 7.53. The first-order valence-corrected chi connectivity index (χ1v) is 12.5. The van der Waals surface area contributed by atoms with Crippen LogP contribution >= 0.6 is 24.0 Å². The van der Waals surface area contributed by atoms with Gasteiger partial charge in [-0.15, -0.1) is 24.0 Å². The highest BCUT2D eigenvalue weighted by molar-refractivity contribution is 14.0. The topological polar surface area (TPSA) is 65.0 Å². The van der Waals surface area contributed by atoms with E-state index in [1.54, 1.807) is 4.31 Å². The van der Waals surface area contributed by atoms with Gasteiger partial charge < -0.3 is 10.2 Å². The van der Waals surface area contributed by atoms with Crippen LogP contribution in [-0.4, -0.2) is 69.1 Å². The van der Waals surface area contributed by atoms with Crippen molar-refractivity contribution in [3.63, 3.8) is 0 Å². The molecule has 0 atom stereocenters. The highest BCUT2D eigenvalue weighted by atomic mass is 127. The predicted octanol–water partition coefficient (Wildman–Crippen LogP) is 3.42. The molecule has 2 saturated heterocycles. The van der Waals surface area contributed by atoms with Crippen LogP contribution in [0, 0.1) is 5.92 Å². The van der Waals surface area contributed by atoms with E-state index in [0.29, 0.717) is 19.0 Å². The lowest BCUT2D eigenvalue weighted by molar-refractivity contribution is 0.279. The molecule has 2 aliphatic rings. The number of rotatable bonds is 5. The number of halogens is 1. The average Bonchev–Trinajstić information content (AvgIpc) is 2.72. The fourth-order valence-electron chi connectivity index (χ4n) is 4.00. The second-order valence-electron chi connectivity index (χ2n) is 8.00. The minimum Gasteiger partial charge on any atom is -0.357 e. The zero-order valence-corrected chi connectivity index (χ0v) is 21.2. The maximum absolute atomic E-state index is 11.7. The summed E-state index contributed by atoms with van der Waals surface area (Å²) in [6.07, 6.45) is 7.51. The van der Waals surface area contributed by atoms with E-state index in [1.165, 1.54) is 17.4 Å². The molecule has 2 aliphatic heterocycles. The maximum atomic E-state index is 11.7. The Labute approximate surface area is 198 Å². The van der Waals surface area contributed by atoms with Gasteiger partial charge in [0.25, 0.3) is 0 Å². The Hall–Kier alpha value is -1.13. The summed E-state index contributed by atoms with van der Waals surface area (Å²) in [5, 5.41) is 3.44. The van der Waals surface area contributed by atoms with Gasteiger partial charge in [0.15, 0.2) is 5.96 Å². The molecule has 0 radical (unpaired) electrons. The lowest BCUT2D eigenvalue weighted by Gasteiger charge is -2.33. The first kappa shape index (κ1) is 25.1. The number of likely N-dealkylation sites (tertiary alicyclic amines) is 1. The fourth-order valence-corrected chi connectivity index (χ4v) is 4.87. The van der Waals surface area contributed by atoms with Crippen molar-refractivity contribution in [2.75, 3.05) is 45.5 Å². The van der Waals surface area contributed by atoms with Crippen LogP contribution in [-0.2, 0) is 10.0 Å². The first-order chi connectivity index (χ1) is 14.0. The van der Waals surface area contributed by atoms with Crippen molar-refractivity contribution < 1.29 is 8.42 Å². The molecular formula is C22H35IN4O2S. The van der Waals surface area contributed by atoms with Crippen molar-refractivity contribution in [3.05, 3.63) is 41.5 Å². The summed E-state index contributed by atoms with van der Waals surface area (Å²) in [6.45, 7) is 6.93. The second kappa shape index (κ2) is 12.0. The van der Waals surface area contributed by atoms with E-state index in [2.05, 4.69) is 53.5 Å².